The molecular weight excluding hydrogens is 597 g/mol. The Hall–Kier alpha value is -3.57. The highest BCUT2D eigenvalue weighted by molar-refractivity contribution is 8.26. The molecule has 10 heteroatoms. The van der Waals surface area contributed by atoms with Crippen molar-refractivity contribution in [2.75, 3.05) is 19.6 Å². The van der Waals surface area contributed by atoms with Gasteiger partial charge in [0, 0.05) is 37.0 Å². The fraction of sp³-hybridized carbons (Fsp3) is 0.242. The third kappa shape index (κ3) is 6.52. The van der Waals surface area contributed by atoms with E-state index in [9.17, 15) is 13.2 Å². The molecule has 43 heavy (non-hydrogen) atoms. The van der Waals surface area contributed by atoms with Crippen molar-refractivity contribution in [1.82, 2.24) is 19.0 Å². The number of thiocarbonyl (C=S) groups is 1. The van der Waals surface area contributed by atoms with Gasteiger partial charge in [0.15, 0.2) is 0 Å². The number of sulfonamides is 1. The second-order valence-corrected chi connectivity index (χ2v) is 14.2. The molecule has 0 unspecified atom stereocenters. The van der Waals surface area contributed by atoms with Crippen LogP contribution in [0.25, 0.3) is 23.0 Å². The van der Waals surface area contributed by atoms with E-state index in [-0.39, 0.29) is 10.8 Å². The average molecular weight is 629 g/mol. The van der Waals surface area contributed by atoms with E-state index in [1.54, 1.807) is 32.1 Å². The third-order valence-electron chi connectivity index (χ3n) is 7.70. The van der Waals surface area contributed by atoms with Gasteiger partial charge in [0.05, 0.1) is 15.5 Å². The molecule has 0 N–H and O–H groups in total. The first-order valence-corrected chi connectivity index (χ1v) is 17.1. The maximum absolute atomic E-state index is 13.6. The van der Waals surface area contributed by atoms with Crippen molar-refractivity contribution in [3.63, 3.8) is 0 Å². The molecule has 0 spiro atoms. The molecule has 3 aromatic carbocycles. The number of hydrogen-bond donors (Lipinski definition) is 0. The van der Waals surface area contributed by atoms with Crippen LogP contribution in [0.1, 0.15) is 36.8 Å². The number of amides is 1. The van der Waals surface area contributed by atoms with E-state index < -0.39 is 10.0 Å². The second kappa shape index (κ2) is 13.0. The number of benzene rings is 3. The molecule has 2 aliphatic rings. The summed E-state index contributed by atoms with van der Waals surface area (Å²) < 4.78 is 31.1. The summed E-state index contributed by atoms with van der Waals surface area (Å²) in [5.41, 5.74) is 3.95. The summed E-state index contributed by atoms with van der Waals surface area (Å²) in [7, 11) is -3.65. The molecule has 3 heterocycles. The van der Waals surface area contributed by atoms with Gasteiger partial charge in [0.25, 0.3) is 5.91 Å². The lowest BCUT2D eigenvalue weighted by Gasteiger charge is -2.20. The largest absolute Gasteiger partial charge is 0.293 e. The molecule has 220 valence electrons. The molecule has 2 saturated heterocycles. The van der Waals surface area contributed by atoms with Crippen LogP contribution in [0.15, 0.2) is 101 Å². The van der Waals surface area contributed by atoms with E-state index in [2.05, 4.69) is 0 Å². The number of rotatable bonds is 8. The summed E-state index contributed by atoms with van der Waals surface area (Å²) in [6.07, 6.45) is 8.23. The van der Waals surface area contributed by atoms with Crippen molar-refractivity contribution in [3.05, 3.63) is 107 Å². The molecular formula is C33H32N4O3S3. The molecule has 1 amide bonds. The Morgan fingerprint density at radius 3 is 2.30 bits per heavy atom. The Labute approximate surface area is 262 Å². The van der Waals surface area contributed by atoms with E-state index >= 15 is 0 Å². The maximum atomic E-state index is 13.6. The monoisotopic (exact) mass is 628 g/mol. The van der Waals surface area contributed by atoms with Gasteiger partial charge in [-0.05, 0) is 55.2 Å². The summed E-state index contributed by atoms with van der Waals surface area (Å²) in [5, 5.41) is 4.88. The van der Waals surface area contributed by atoms with Crippen LogP contribution in [0.3, 0.4) is 0 Å². The number of aromatic nitrogens is 2. The smallest absolute Gasteiger partial charge is 0.266 e. The fourth-order valence-electron chi connectivity index (χ4n) is 5.38. The Morgan fingerprint density at radius 2 is 1.58 bits per heavy atom. The van der Waals surface area contributed by atoms with Crippen LogP contribution in [0, 0.1) is 0 Å². The summed E-state index contributed by atoms with van der Waals surface area (Å²) in [4.78, 5) is 15.9. The first-order chi connectivity index (χ1) is 20.9. The molecule has 0 aliphatic carbocycles. The van der Waals surface area contributed by atoms with Crippen LogP contribution >= 0.6 is 24.0 Å². The Kier molecular flexibility index (Phi) is 8.90. The topological polar surface area (TPSA) is 75.5 Å². The molecule has 2 aliphatic heterocycles. The lowest BCUT2D eigenvalue weighted by atomic mass is 10.1. The van der Waals surface area contributed by atoms with Crippen LogP contribution in [0.4, 0.5) is 0 Å². The van der Waals surface area contributed by atoms with E-state index in [4.69, 9.17) is 17.3 Å². The molecule has 1 aromatic heterocycles. The quantitative estimate of drug-likeness (QED) is 0.163. The molecule has 7 nitrogen and oxygen atoms in total. The highest BCUT2D eigenvalue weighted by Crippen LogP contribution is 2.35. The predicted octanol–water partition coefficient (Wildman–Crippen LogP) is 6.55. The number of thioether (sulfide) groups is 1. The highest BCUT2D eigenvalue weighted by atomic mass is 32.2. The lowest BCUT2D eigenvalue weighted by molar-refractivity contribution is -0.122. The molecule has 0 radical (unpaired) electrons. The summed E-state index contributed by atoms with van der Waals surface area (Å²) in [5.74, 6) is -0.137. The van der Waals surface area contributed by atoms with Crippen molar-refractivity contribution in [1.29, 1.82) is 0 Å². The number of hydrogen-bond acceptors (Lipinski definition) is 6. The van der Waals surface area contributed by atoms with E-state index in [1.807, 2.05) is 79.0 Å². The normalized spacial score (nSPS) is 17.5. The first-order valence-electron chi connectivity index (χ1n) is 14.5. The number of carbonyl (C=O) groups is 1. The van der Waals surface area contributed by atoms with Crippen molar-refractivity contribution in [3.8, 4) is 16.9 Å². The highest BCUT2D eigenvalue weighted by Gasteiger charge is 2.32. The van der Waals surface area contributed by atoms with Crippen LogP contribution in [0.5, 0.6) is 0 Å². The van der Waals surface area contributed by atoms with E-state index in [1.165, 1.54) is 11.8 Å². The molecule has 6 rings (SSSR count). The number of carbonyl (C=O) groups excluding carboxylic acids is 1. The third-order valence-corrected chi connectivity index (χ3v) is 11.0. The van der Waals surface area contributed by atoms with Crippen LogP contribution in [0.2, 0.25) is 0 Å². The van der Waals surface area contributed by atoms with Gasteiger partial charge in [0.1, 0.15) is 10.0 Å². The van der Waals surface area contributed by atoms with Crippen molar-refractivity contribution >= 4 is 50.3 Å². The minimum atomic E-state index is -3.65. The van der Waals surface area contributed by atoms with Crippen molar-refractivity contribution in [2.45, 2.75) is 37.0 Å². The van der Waals surface area contributed by atoms with Gasteiger partial charge in [-0.2, -0.15) is 9.40 Å². The second-order valence-electron chi connectivity index (χ2n) is 10.6. The van der Waals surface area contributed by atoms with Gasteiger partial charge >= 0.3 is 0 Å². The zero-order chi connectivity index (χ0) is 29.8. The van der Waals surface area contributed by atoms with Crippen LogP contribution < -0.4 is 0 Å². The zero-order valence-electron chi connectivity index (χ0n) is 23.6. The maximum Gasteiger partial charge on any atom is 0.266 e. The van der Waals surface area contributed by atoms with E-state index in [0.29, 0.717) is 52.1 Å². The Bertz CT molecular complexity index is 1760. The molecule has 0 atom stereocenters. The molecule has 2 fully saturated rings. The Balaban J connectivity index is 1.35. The van der Waals surface area contributed by atoms with Gasteiger partial charge < -0.3 is 0 Å². The standard InChI is InChI=1S/C33H32N4O3S3/c38-32-30(42-33(41)36(32)21-18-25-12-5-3-6-13-25)23-27-24-37(28-15-7-4-8-16-28)34-31(27)26-14-11-17-29(22-26)43(39,40)35-19-9-1-2-10-20-35/h3-8,11-17,22-24H,1-2,9-10,18-21H2/b30-23-. The number of para-hydroxylation sites is 1. The summed E-state index contributed by atoms with van der Waals surface area (Å²) in [6, 6.07) is 26.7. The molecule has 0 bridgehead atoms. The van der Waals surface area contributed by atoms with Gasteiger partial charge in [-0.3, -0.25) is 9.69 Å². The van der Waals surface area contributed by atoms with Crippen LogP contribution in [-0.4, -0.2) is 57.3 Å². The fourth-order valence-corrected chi connectivity index (χ4v) is 8.25. The zero-order valence-corrected chi connectivity index (χ0v) is 26.1. The lowest BCUT2D eigenvalue weighted by Crippen LogP contribution is -2.31. The molecule has 0 saturated carbocycles. The van der Waals surface area contributed by atoms with Gasteiger partial charge in [0.2, 0.25) is 10.0 Å². The first kappa shape index (κ1) is 29.5. The van der Waals surface area contributed by atoms with E-state index in [0.717, 1.165) is 36.9 Å². The van der Waals surface area contributed by atoms with Gasteiger partial charge in [-0.25, -0.2) is 13.1 Å². The van der Waals surface area contributed by atoms with Gasteiger partial charge in [-0.1, -0.05) is 97.5 Å². The minimum absolute atomic E-state index is 0.137. The van der Waals surface area contributed by atoms with Crippen LogP contribution in [-0.2, 0) is 21.2 Å². The predicted molar refractivity (Wildman–Crippen MR) is 176 cm³/mol. The average Bonchev–Trinajstić information content (AvgIpc) is 3.42. The summed E-state index contributed by atoms with van der Waals surface area (Å²) in [6.45, 7) is 1.57. The molecule has 4 aromatic rings. The minimum Gasteiger partial charge on any atom is -0.293 e. The van der Waals surface area contributed by atoms with Gasteiger partial charge in [-0.15, -0.1) is 0 Å². The SMILES string of the molecule is O=C1/C(=C/c2cn(-c3ccccc3)nc2-c2cccc(S(=O)(=O)N3CCCCCC3)c2)SC(=S)N1CCc1ccccc1. The number of nitrogens with zero attached hydrogens (tertiary/aromatic N) is 4. The Morgan fingerprint density at radius 1 is 0.884 bits per heavy atom. The van der Waals surface area contributed by atoms with Crippen molar-refractivity contribution in [2.24, 2.45) is 0 Å². The van der Waals surface area contributed by atoms with Crippen molar-refractivity contribution < 1.29 is 13.2 Å². The summed E-state index contributed by atoms with van der Waals surface area (Å²) >= 11 is 6.88.